The Kier molecular flexibility index (Phi) is 5.24. The number of nitrogens with one attached hydrogen (secondary N) is 2. The molecule has 1 saturated heterocycles. The van der Waals surface area contributed by atoms with E-state index >= 15 is 0 Å². The van der Waals surface area contributed by atoms with Crippen molar-refractivity contribution in [2.45, 2.75) is 39.0 Å². The molecule has 0 amide bonds. The molecule has 3 rings (SSSR count). The van der Waals surface area contributed by atoms with Gasteiger partial charge in [-0.2, -0.15) is 0 Å². The quantitative estimate of drug-likeness (QED) is 0.748. The van der Waals surface area contributed by atoms with Gasteiger partial charge in [-0.05, 0) is 33.7 Å². The number of rotatable bonds is 4. The van der Waals surface area contributed by atoms with Gasteiger partial charge in [0.2, 0.25) is 0 Å². The summed E-state index contributed by atoms with van der Waals surface area (Å²) in [4.78, 5) is 29.6. The second-order valence-corrected chi connectivity index (χ2v) is 7.48. The number of aromatic nitrogens is 2. The summed E-state index contributed by atoms with van der Waals surface area (Å²) in [6.45, 7) is 6.60. The summed E-state index contributed by atoms with van der Waals surface area (Å²) in [5.74, 6) is 0.608. The number of anilines is 2. The number of hydrogen-bond acceptors (Lipinski definition) is 6. The molecule has 0 aromatic carbocycles. The highest BCUT2D eigenvalue weighted by atomic mass is 16.2. The predicted octanol–water partition coefficient (Wildman–Crippen LogP) is 0.250. The van der Waals surface area contributed by atoms with E-state index in [1.165, 1.54) is 21.8 Å². The Morgan fingerprint density at radius 1 is 1.27 bits per heavy atom. The van der Waals surface area contributed by atoms with Crippen LogP contribution in [0.4, 0.5) is 11.5 Å². The highest BCUT2D eigenvalue weighted by Crippen LogP contribution is 2.32. The average Bonchev–Trinajstić information content (AvgIpc) is 3.02. The van der Waals surface area contributed by atoms with Crippen molar-refractivity contribution in [3.8, 4) is 0 Å². The maximum Gasteiger partial charge on any atom is 0.332 e. The van der Waals surface area contributed by atoms with Crippen LogP contribution in [0, 0.1) is 0 Å². The molecular formula is C18H30N6O2. The summed E-state index contributed by atoms with van der Waals surface area (Å²) >= 11 is 0. The molecule has 2 unspecified atom stereocenters. The van der Waals surface area contributed by atoms with E-state index in [2.05, 4.69) is 40.4 Å². The predicted molar refractivity (Wildman–Crippen MR) is 105 cm³/mol. The first-order chi connectivity index (χ1) is 12.3. The van der Waals surface area contributed by atoms with Crippen LogP contribution in [0.15, 0.2) is 21.2 Å². The lowest BCUT2D eigenvalue weighted by molar-refractivity contribution is 0.154. The lowest BCUT2D eigenvalue weighted by atomic mass is 10.1. The zero-order chi connectivity index (χ0) is 19.0. The van der Waals surface area contributed by atoms with Crippen molar-refractivity contribution in [3.63, 3.8) is 0 Å². The first kappa shape index (κ1) is 18.7. The molecular weight excluding hydrogens is 332 g/mol. The van der Waals surface area contributed by atoms with Gasteiger partial charge in [-0.3, -0.25) is 18.8 Å². The Balaban J connectivity index is 2.04. The highest BCUT2D eigenvalue weighted by molar-refractivity contribution is 5.72. The zero-order valence-corrected chi connectivity index (χ0v) is 16.4. The minimum absolute atomic E-state index is 0.127. The van der Waals surface area contributed by atoms with Gasteiger partial charge < -0.3 is 15.5 Å². The van der Waals surface area contributed by atoms with Crippen LogP contribution in [0.2, 0.25) is 0 Å². The smallest absolute Gasteiger partial charge is 0.332 e. The molecule has 144 valence electrons. The number of piperidine rings is 1. The highest BCUT2D eigenvalue weighted by Gasteiger charge is 2.38. The number of fused-ring (bicyclic) bond motifs is 1. The maximum atomic E-state index is 12.9. The molecule has 8 nitrogen and oxygen atoms in total. The van der Waals surface area contributed by atoms with Crippen LogP contribution in [0.5, 0.6) is 0 Å². The fraction of sp³-hybridized carbons (Fsp3) is 0.667. The molecule has 0 saturated carbocycles. The first-order valence-corrected chi connectivity index (χ1v) is 9.23. The largest absolute Gasteiger partial charge is 0.337 e. The molecule has 0 spiro atoms. The van der Waals surface area contributed by atoms with Crippen molar-refractivity contribution in [2.24, 2.45) is 14.1 Å². The van der Waals surface area contributed by atoms with Gasteiger partial charge in [0.15, 0.2) is 6.29 Å². The molecule has 2 aliphatic rings. The molecule has 3 heterocycles. The lowest BCUT2D eigenvalue weighted by Gasteiger charge is -2.40. The van der Waals surface area contributed by atoms with Gasteiger partial charge in [0.05, 0.1) is 0 Å². The van der Waals surface area contributed by atoms with Gasteiger partial charge in [0.25, 0.3) is 5.56 Å². The summed E-state index contributed by atoms with van der Waals surface area (Å²) in [6, 6.07) is 0.436. The topological polar surface area (TPSA) is 74.5 Å². The Bertz CT molecular complexity index is 820. The van der Waals surface area contributed by atoms with Gasteiger partial charge in [0.1, 0.15) is 11.5 Å². The molecule has 0 aliphatic carbocycles. The van der Waals surface area contributed by atoms with Crippen molar-refractivity contribution < 1.29 is 0 Å². The number of hydrogen-bond donors (Lipinski definition) is 2. The molecule has 1 aromatic rings. The minimum atomic E-state index is -0.309. The zero-order valence-electron chi connectivity index (χ0n) is 16.4. The van der Waals surface area contributed by atoms with Crippen molar-refractivity contribution >= 4 is 11.5 Å². The van der Waals surface area contributed by atoms with E-state index in [0.717, 1.165) is 25.9 Å². The molecule has 1 aromatic heterocycles. The summed E-state index contributed by atoms with van der Waals surface area (Å²) in [5, 5.41) is 6.81. The van der Waals surface area contributed by atoms with E-state index in [0.29, 0.717) is 24.1 Å². The second kappa shape index (κ2) is 7.28. The van der Waals surface area contributed by atoms with Crippen LogP contribution < -0.4 is 26.8 Å². The summed E-state index contributed by atoms with van der Waals surface area (Å²) in [7, 11) is 5.24. The number of nitrogens with zero attached hydrogens (tertiary/aromatic N) is 4. The van der Waals surface area contributed by atoms with Crippen LogP contribution >= 0.6 is 0 Å². The first-order valence-electron chi connectivity index (χ1n) is 9.23. The Morgan fingerprint density at radius 3 is 2.65 bits per heavy atom. The lowest BCUT2D eigenvalue weighted by Crippen LogP contribution is -2.56. The van der Waals surface area contributed by atoms with Crippen molar-refractivity contribution in [1.29, 1.82) is 0 Å². The average molecular weight is 362 g/mol. The third kappa shape index (κ3) is 3.19. The minimum Gasteiger partial charge on any atom is -0.337 e. The summed E-state index contributed by atoms with van der Waals surface area (Å²) < 4.78 is 2.72. The molecule has 1 fully saturated rings. The maximum absolute atomic E-state index is 12.9. The van der Waals surface area contributed by atoms with Gasteiger partial charge in [-0.1, -0.05) is 11.6 Å². The van der Waals surface area contributed by atoms with E-state index in [-0.39, 0.29) is 17.5 Å². The van der Waals surface area contributed by atoms with E-state index < -0.39 is 0 Å². The Labute approximate surface area is 154 Å². The van der Waals surface area contributed by atoms with Crippen molar-refractivity contribution in [3.05, 3.63) is 32.5 Å². The summed E-state index contributed by atoms with van der Waals surface area (Å²) in [6.07, 6.45) is 4.25. The van der Waals surface area contributed by atoms with E-state index in [1.807, 2.05) is 7.05 Å². The molecule has 26 heavy (non-hydrogen) atoms. The monoisotopic (exact) mass is 362 g/mol. The standard InChI is InChI=1S/C18H30N6O2/c1-12(2)8-10-24-14-15(21(4)18(26)22(5)16(14)25)20-17(24)23-9-6-7-13(11-23)19-3/h8,13,17,19-20H,6-7,9-11H2,1-5H3. The Hall–Kier alpha value is -2.06. The van der Waals surface area contributed by atoms with Gasteiger partial charge in [-0.25, -0.2) is 4.79 Å². The van der Waals surface area contributed by atoms with Crippen molar-refractivity contribution in [1.82, 2.24) is 19.4 Å². The van der Waals surface area contributed by atoms with Gasteiger partial charge in [0, 0.05) is 39.8 Å². The van der Waals surface area contributed by atoms with Crippen LogP contribution in [0.1, 0.15) is 26.7 Å². The van der Waals surface area contributed by atoms with E-state index in [4.69, 9.17) is 0 Å². The molecule has 8 heteroatoms. The number of likely N-dealkylation sites (N-methyl/N-ethyl adjacent to an activating group) is 1. The third-order valence-electron chi connectivity index (χ3n) is 5.39. The SMILES string of the molecule is CNC1CCCN(C2Nc3c(c(=O)n(C)c(=O)n3C)N2CC=C(C)C)C1. The fourth-order valence-corrected chi connectivity index (χ4v) is 3.80. The van der Waals surface area contributed by atoms with Crippen LogP contribution in [0.25, 0.3) is 0 Å². The summed E-state index contributed by atoms with van der Waals surface area (Å²) in [5.41, 5.74) is 1.22. The molecule has 2 N–H and O–H groups in total. The molecule has 0 bridgehead atoms. The number of allylic oxidation sites excluding steroid dienone is 1. The number of likely N-dealkylation sites (tertiary alicyclic amines) is 1. The third-order valence-corrected chi connectivity index (χ3v) is 5.39. The normalized spacial score (nSPS) is 22.9. The Morgan fingerprint density at radius 2 is 2.00 bits per heavy atom. The van der Waals surface area contributed by atoms with E-state index in [9.17, 15) is 9.59 Å². The van der Waals surface area contributed by atoms with Gasteiger partial charge in [-0.15, -0.1) is 0 Å². The van der Waals surface area contributed by atoms with Gasteiger partial charge >= 0.3 is 5.69 Å². The van der Waals surface area contributed by atoms with E-state index in [1.54, 1.807) is 7.05 Å². The fourth-order valence-electron chi connectivity index (χ4n) is 3.80. The van der Waals surface area contributed by atoms with Crippen LogP contribution in [-0.2, 0) is 14.1 Å². The molecule has 0 radical (unpaired) electrons. The van der Waals surface area contributed by atoms with Crippen LogP contribution in [-0.4, -0.2) is 53.0 Å². The van der Waals surface area contributed by atoms with Crippen LogP contribution in [0.3, 0.4) is 0 Å². The molecule has 2 atom stereocenters. The molecule has 2 aliphatic heterocycles. The second-order valence-electron chi connectivity index (χ2n) is 7.48. The van der Waals surface area contributed by atoms with Crippen molar-refractivity contribution in [2.75, 3.05) is 36.9 Å².